The van der Waals surface area contributed by atoms with Crippen LogP contribution in [0.25, 0.3) is 17.1 Å². The summed E-state index contributed by atoms with van der Waals surface area (Å²) >= 11 is 7.43. The molecule has 6 heteroatoms. The lowest BCUT2D eigenvalue weighted by atomic mass is 10.1. The van der Waals surface area contributed by atoms with Crippen LogP contribution in [0.15, 0.2) is 59.5 Å². The number of aryl methyl sites for hydroxylation is 2. The summed E-state index contributed by atoms with van der Waals surface area (Å²) in [6, 6.07) is 10.2. The summed E-state index contributed by atoms with van der Waals surface area (Å²) in [4.78, 5) is 4.19. The lowest BCUT2D eigenvalue weighted by molar-refractivity contribution is 0.881. The first-order valence-electron chi connectivity index (χ1n) is 7.46. The summed E-state index contributed by atoms with van der Waals surface area (Å²) in [7, 11) is 0. The second-order valence-electron chi connectivity index (χ2n) is 5.48. The van der Waals surface area contributed by atoms with Crippen molar-refractivity contribution in [3.8, 4) is 17.1 Å². The Morgan fingerprint density at radius 1 is 1.25 bits per heavy atom. The molecule has 0 bridgehead atoms. The molecule has 0 aliphatic carbocycles. The predicted octanol–water partition coefficient (Wildman–Crippen LogP) is 4.79. The van der Waals surface area contributed by atoms with E-state index in [2.05, 4.69) is 58.4 Å². The number of pyridine rings is 1. The Balaban J connectivity index is 2.15. The summed E-state index contributed by atoms with van der Waals surface area (Å²) in [5, 5.41) is 10.1. The number of hydrogen-bond acceptors (Lipinski definition) is 4. The highest BCUT2D eigenvalue weighted by atomic mass is 35.5. The van der Waals surface area contributed by atoms with Crippen molar-refractivity contribution in [1.82, 2.24) is 19.7 Å². The van der Waals surface area contributed by atoms with Crippen LogP contribution in [0.2, 0.25) is 0 Å². The van der Waals surface area contributed by atoms with Crippen LogP contribution in [-0.4, -0.2) is 25.5 Å². The van der Waals surface area contributed by atoms with Crippen molar-refractivity contribution < 1.29 is 0 Å². The van der Waals surface area contributed by atoms with Gasteiger partial charge in [-0.2, -0.15) is 0 Å². The Morgan fingerprint density at radius 3 is 2.75 bits per heavy atom. The zero-order chi connectivity index (χ0) is 17.1. The maximum absolute atomic E-state index is 5.92. The van der Waals surface area contributed by atoms with Gasteiger partial charge in [0, 0.05) is 28.7 Å². The number of benzene rings is 1. The van der Waals surface area contributed by atoms with Crippen LogP contribution in [0.3, 0.4) is 0 Å². The SMILES string of the molecule is C=C(Cl)CSc1nnc(-c2cccnc2)n1-c1ccc(C)cc1C. The highest BCUT2D eigenvalue weighted by molar-refractivity contribution is 7.99. The third-order valence-corrected chi connectivity index (χ3v) is 4.81. The Kier molecular flexibility index (Phi) is 5.02. The van der Waals surface area contributed by atoms with E-state index in [1.807, 2.05) is 12.1 Å². The molecule has 4 nitrogen and oxygen atoms in total. The third-order valence-electron chi connectivity index (χ3n) is 3.50. The first-order chi connectivity index (χ1) is 11.6. The fourth-order valence-electron chi connectivity index (χ4n) is 2.46. The molecule has 1 aromatic carbocycles. The van der Waals surface area contributed by atoms with E-state index in [9.17, 15) is 0 Å². The highest BCUT2D eigenvalue weighted by Crippen LogP contribution is 2.30. The normalized spacial score (nSPS) is 10.8. The smallest absolute Gasteiger partial charge is 0.196 e. The summed E-state index contributed by atoms with van der Waals surface area (Å²) < 4.78 is 2.05. The lowest BCUT2D eigenvalue weighted by Gasteiger charge is -2.13. The zero-order valence-electron chi connectivity index (χ0n) is 13.5. The van der Waals surface area contributed by atoms with E-state index >= 15 is 0 Å². The summed E-state index contributed by atoms with van der Waals surface area (Å²) in [5.41, 5.74) is 4.34. The van der Waals surface area contributed by atoms with Crippen molar-refractivity contribution in [3.05, 3.63) is 65.5 Å². The molecule has 0 N–H and O–H groups in total. The largest absolute Gasteiger partial charge is 0.270 e. The Bertz CT molecular complexity index is 874. The van der Waals surface area contributed by atoms with Crippen LogP contribution in [0, 0.1) is 13.8 Å². The van der Waals surface area contributed by atoms with E-state index in [0.29, 0.717) is 10.8 Å². The first-order valence-corrected chi connectivity index (χ1v) is 8.82. The predicted molar refractivity (Wildman–Crippen MR) is 99.8 cm³/mol. The van der Waals surface area contributed by atoms with Crippen molar-refractivity contribution in [2.75, 3.05) is 5.75 Å². The maximum Gasteiger partial charge on any atom is 0.196 e. The van der Waals surface area contributed by atoms with E-state index in [1.54, 1.807) is 12.4 Å². The molecular formula is C18H17ClN4S. The molecule has 122 valence electrons. The fraction of sp³-hybridized carbons (Fsp3) is 0.167. The number of halogens is 1. The summed E-state index contributed by atoms with van der Waals surface area (Å²) in [5.74, 6) is 1.34. The second kappa shape index (κ2) is 7.20. The van der Waals surface area contributed by atoms with Crippen LogP contribution >= 0.6 is 23.4 Å². The monoisotopic (exact) mass is 356 g/mol. The van der Waals surface area contributed by atoms with Crippen molar-refractivity contribution >= 4 is 23.4 Å². The Morgan fingerprint density at radius 2 is 2.08 bits per heavy atom. The van der Waals surface area contributed by atoms with Gasteiger partial charge in [-0.3, -0.25) is 9.55 Å². The van der Waals surface area contributed by atoms with Gasteiger partial charge >= 0.3 is 0 Å². The van der Waals surface area contributed by atoms with Crippen molar-refractivity contribution in [2.24, 2.45) is 0 Å². The van der Waals surface area contributed by atoms with Gasteiger partial charge in [0.25, 0.3) is 0 Å². The Hall–Kier alpha value is -2.11. The molecule has 0 amide bonds. The standard InChI is InChI=1S/C18H17ClN4S/c1-12-6-7-16(13(2)9-12)23-17(15-5-4-8-20-10-15)21-22-18(23)24-11-14(3)19/h4-10H,3,11H2,1-2H3. The van der Waals surface area contributed by atoms with Crippen LogP contribution in [0.4, 0.5) is 0 Å². The number of nitrogens with zero attached hydrogens (tertiary/aromatic N) is 4. The van der Waals surface area contributed by atoms with Crippen LogP contribution < -0.4 is 0 Å². The van der Waals surface area contributed by atoms with Gasteiger partial charge in [0.1, 0.15) is 0 Å². The number of rotatable bonds is 5. The van der Waals surface area contributed by atoms with Gasteiger partial charge in [-0.1, -0.05) is 47.6 Å². The molecule has 0 unspecified atom stereocenters. The molecule has 2 aromatic heterocycles. The average molecular weight is 357 g/mol. The third kappa shape index (κ3) is 3.52. The van der Waals surface area contributed by atoms with Crippen molar-refractivity contribution in [3.63, 3.8) is 0 Å². The molecule has 0 aliphatic rings. The van der Waals surface area contributed by atoms with E-state index in [-0.39, 0.29) is 0 Å². The van der Waals surface area contributed by atoms with E-state index in [1.165, 1.54) is 17.3 Å². The molecule has 0 fully saturated rings. The van der Waals surface area contributed by atoms with Gasteiger partial charge in [-0.15, -0.1) is 10.2 Å². The highest BCUT2D eigenvalue weighted by Gasteiger charge is 2.17. The summed E-state index contributed by atoms with van der Waals surface area (Å²) in [6.07, 6.45) is 3.54. The second-order valence-corrected chi connectivity index (χ2v) is 6.96. The van der Waals surface area contributed by atoms with Gasteiger partial charge < -0.3 is 0 Å². The molecule has 0 radical (unpaired) electrons. The minimum Gasteiger partial charge on any atom is -0.270 e. The van der Waals surface area contributed by atoms with Gasteiger partial charge in [0.2, 0.25) is 0 Å². The number of aromatic nitrogens is 4. The van der Waals surface area contributed by atoms with E-state index < -0.39 is 0 Å². The van der Waals surface area contributed by atoms with E-state index in [4.69, 9.17) is 11.6 Å². The molecule has 0 saturated carbocycles. The Labute approximate surface area is 150 Å². The maximum atomic E-state index is 5.92. The van der Waals surface area contributed by atoms with Gasteiger partial charge in [0.15, 0.2) is 11.0 Å². The average Bonchev–Trinajstić information content (AvgIpc) is 2.97. The van der Waals surface area contributed by atoms with Crippen molar-refractivity contribution in [2.45, 2.75) is 19.0 Å². The molecular weight excluding hydrogens is 340 g/mol. The van der Waals surface area contributed by atoms with Gasteiger partial charge in [-0.05, 0) is 37.6 Å². The quantitative estimate of drug-likeness (QED) is 0.616. The van der Waals surface area contributed by atoms with Gasteiger partial charge in [0.05, 0.1) is 5.69 Å². The van der Waals surface area contributed by atoms with Crippen LogP contribution in [-0.2, 0) is 0 Å². The summed E-state index contributed by atoms with van der Waals surface area (Å²) in [6.45, 7) is 7.91. The molecule has 2 heterocycles. The molecule has 3 aromatic rings. The zero-order valence-corrected chi connectivity index (χ0v) is 15.1. The number of hydrogen-bond donors (Lipinski definition) is 0. The minimum absolute atomic E-state index is 0.581. The number of thioether (sulfide) groups is 1. The molecule has 0 atom stereocenters. The first kappa shape index (κ1) is 16.7. The van der Waals surface area contributed by atoms with Crippen LogP contribution in [0.1, 0.15) is 11.1 Å². The topological polar surface area (TPSA) is 43.6 Å². The molecule has 24 heavy (non-hydrogen) atoms. The fourth-order valence-corrected chi connectivity index (χ4v) is 3.32. The van der Waals surface area contributed by atoms with Crippen LogP contribution in [0.5, 0.6) is 0 Å². The lowest BCUT2D eigenvalue weighted by Crippen LogP contribution is -2.02. The van der Waals surface area contributed by atoms with Crippen molar-refractivity contribution in [1.29, 1.82) is 0 Å². The molecule has 0 aliphatic heterocycles. The van der Waals surface area contributed by atoms with Gasteiger partial charge in [-0.25, -0.2) is 0 Å². The molecule has 0 saturated heterocycles. The molecule has 0 spiro atoms. The van der Waals surface area contributed by atoms with E-state index in [0.717, 1.165) is 27.8 Å². The molecule has 3 rings (SSSR count). The minimum atomic E-state index is 0.581.